The second-order valence-electron chi connectivity index (χ2n) is 10.9. The van der Waals surface area contributed by atoms with Gasteiger partial charge in [-0.3, -0.25) is 4.79 Å². The Morgan fingerprint density at radius 2 is 1.66 bits per heavy atom. The number of aromatic amines is 1. The highest BCUT2D eigenvalue weighted by Gasteiger charge is 2.24. The summed E-state index contributed by atoms with van der Waals surface area (Å²) in [5, 5.41) is 1.08. The van der Waals surface area contributed by atoms with E-state index in [1.54, 1.807) is 76.8 Å². The number of aromatic nitrogens is 1. The van der Waals surface area contributed by atoms with Crippen molar-refractivity contribution in [3.8, 4) is 5.75 Å². The number of nitrogens with two attached hydrogens (primary N) is 1. The van der Waals surface area contributed by atoms with E-state index in [-0.39, 0.29) is 17.9 Å². The molecule has 3 aromatic rings. The molecule has 0 fully saturated rings. The molecule has 0 aliphatic heterocycles. The normalized spacial score (nSPS) is 11.8. The van der Waals surface area contributed by atoms with E-state index in [0.717, 1.165) is 11.1 Å². The Kier molecular flexibility index (Phi) is 8.61. The highest BCUT2D eigenvalue weighted by atomic mass is 35.5. The maximum Gasteiger partial charge on any atom is 0.514 e. The van der Waals surface area contributed by atoms with Crippen molar-refractivity contribution in [1.82, 2.24) is 9.88 Å². The number of nitrogens with zero attached hydrogens (tertiary/aromatic N) is 1. The third kappa shape index (κ3) is 8.14. The van der Waals surface area contributed by atoms with Gasteiger partial charge in [0.2, 0.25) is 5.56 Å². The standard InChI is InChI=1S/C28H34ClN3O6/c1-27(2,3)37-25(34)32(16-17-7-10-21(30)20(29)15-17)14-13-18-8-11-22(36-26(35)38-28(4,5)6)24-19(18)9-12-23(33)31-24/h7-12,15H,13-14,16,30H2,1-6H3,(H,31,33). The van der Waals surface area contributed by atoms with E-state index < -0.39 is 23.5 Å². The molecule has 1 amide bonds. The van der Waals surface area contributed by atoms with E-state index in [4.69, 9.17) is 31.5 Å². The third-order valence-electron chi connectivity index (χ3n) is 5.27. The summed E-state index contributed by atoms with van der Waals surface area (Å²) in [5.74, 6) is 0.163. The van der Waals surface area contributed by atoms with Crippen molar-refractivity contribution in [1.29, 1.82) is 0 Å². The van der Waals surface area contributed by atoms with Crippen LogP contribution < -0.4 is 16.0 Å². The summed E-state index contributed by atoms with van der Waals surface area (Å²) in [6.45, 7) is 11.1. The highest BCUT2D eigenvalue weighted by Crippen LogP contribution is 2.28. The number of halogens is 1. The van der Waals surface area contributed by atoms with Crippen LogP contribution in [0.25, 0.3) is 10.9 Å². The molecule has 3 N–H and O–H groups in total. The van der Waals surface area contributed by atoms with Gasteiger partial charge in [0.25, 0.3) is 0 Å². The van der Waals surface area contributed by atoms with Crippen molar-refractivity contribution >= 4 is 40.4 Å². The predicted octanol–water partition coefficient (Wildman–Crippen LogP) is 6.06. The maximum atomic E-state index is 13.1. The Labute approximate surface area is 226 Å². The highest BCUT2D eigenvalue weighted by molar-refractivity contribution is 6.33. The fraction of sp³-hybridized carbons (Fsp3) is 0.393. The van der Waals surface area contributed by atoms with E-state index in [1.165, 1.54) is 6.07 Å². The molecule has 10 heteroatoms. The van der Waals surface area contributed by atoms with Crippen LogP contribution in [0.3, 0.4) is 0 Å². The molecule has 1 heterocycles. The first-order valence-electron chi connectivity index (χ1n) is 12.2. The number of rotatable bonds is 6. The van der Waals surface area contributed by atoms with Crippen LogP contribution in [-0.2, 0) is 22.4 Å². The molecule has 2 aromatic carbocycles. The molecular formula is C28H34ClN3O6. The number of hydrogen-bond donors (Lipinski definition) is 2. The van der Waals surface area contributed by atoms with Crippen molar-refractivity contribution in [3.63, 3.8) is 0 Å². The van der Waals surface area contributed by atoms with Gasteiger partial charge in [-0.1, -0.05) is 23.7 Å². The zero-order valence-electron chi connectivity index (χ0n) is 22.5. The van der Waals surface area contributed by atoms with Gasteiger partial charge in [-0.2, -0.15) is 0 Å². The molecule has 0 unspecified atom stereocenters. The first-order chi connectivity index (χ1) is 17.6. The van der Waals surface area contributed by atoms with Gasteiger partial charge in [0.1, 0.15) is 11.2 Å². The van der Waals surface area contributed by atoms with Gasteiger partial charge in [0.05, 0.1) is 16.2 Å². The number of carbonyl (C=O) groups is 2. The zero-order chi connectivity index (χ0) is 28.3. The molecule has 0 atom stereocenters. The molecule has 0 radical (unpaired) electrons. The van der Waals surface area contributed by atoms with Crippen LogP contribution in [0.15, 0.2) is 47.3 Å². The Balaban J connectivity index is 1.89. The van der Waals surface area contributed by atoms with E-state index in [1.807, 2.05) is 6.07 Å². The van der Waals surface area contributed by atoms with Crippen molar-refractivity contribution in [3.05, 3.63) is 69.0 Å². The van der Waals surface area contributed by atoms with Gasteiger partial charge >= 0.3 is 12.2 Å². The monoisotopic (exact) mass is 543 g/mol. The van der Waals surface area contributed by atoms with Gasteiger partial charge in [0.15, 0.2) is 5.75 Å². The minimum absolute atomic E-state index is 0.163. The number of carbonyl (C=O) groups excluding carboxylic acids is 2. The molecule has 38 heavy (non-hydrogen) atoms. The van der Waals surface area contributed by atoms with E-state index in [2.05, 4.69) is 4.98 Å². The SMILES string of the molecule is CC(C)(C)OC(=O)Oc1ccc(CCN(Cc2ccc(N)c(Cl)c2)C(=O)OC(C)(C)C)c2ccc(=O)[nH]c12. The summed E-state index contributed by atoms with van der Waals surface area (Å²) < 4.78 is 16.3. The molecule has 0 aliphatic carbocycles. The Bertz CT molecular complexity index is 1390. The summed E-state index contributed by atoms with van der Waals surface area (Å²) in [6.07, 6.45) is -0.931. The topological polar surface area (TPSA) is 124 Å². The zero-order valence-corrected chi connectivity index (χ0v) is 23.3. The van der Waals surface area contributed by atoms with Crippen molar-refractivity contribution in [2.75, 3.05) is 12.3 Å². The molecule has 9 nitrogen and oxygen atoms in total. The minimum Gasteiger partial charge on any atom is -0.444 e. The molecule has 204 valence electrons. The summed E-state index contributed by atoms with van der Waals surface area (Å²) >= 11 is 6.19. The summed E-state index contributed by atoms with van der Waals surface area (Å²) in [5.41, 5.74) is 6.50. The molecule has 0 bridgehead atoms. The van der Waals surface area contributed by atoms with Crippen LogP contribution in [-0.4, -0.2) is 39.9 Å². The second kappa shape index (κ2) is 11.3. The van der Waals surface area contributed by atoms with Crippen molar-refractivity contribution < 1.29 is 23.8 Å². The average Bonchev–Trinajstić information content (AvgIpc) is 2.77. The molecular weight excluding hydrogens is 510 g/mol. The smallest absolute Gasteiger partial charge is 0.444 e. The first kappa shape index (κ1) is 28.8. The van der Waals surface area contributed by atoms with Crippen molar-refractivity contribution in [2.24, 2.45) is 0 Å². The van der Waals surface area contributed by atoms with Gasteiger partial charge in [-0.15, -0.1) is 0 Å². The Morgan fingerprint density at radius 3 is 2.29 bits per heavy atom. The molecule has 0 saturated carbocycles. The number of nitrogens with one attached hydrogen (secondary N) is 1. The molecule has 0 aliphatic rings. The summed E-state index contributed by atoms with van der Waals surface area (Å²) in [4.78, 5) is 41.7. The number of benzene rings is 2. The lowest BCUT2D eigenvalue weighted by molar-refractivity contribution is 0.0203. The van der Waals surface area contributed by atoms with Crippen LogP contribution in [0.4, 0.5) is 15.3 Å². The number of nitrogen functional groups attached to an aromatic ring is 1. The second-order valence-corrected chi connectivity index (χ2v) is 11.3. The lowest BCUT2D eigenvalue weighted by Gasteiger charge is -2.28. The predicted molar refractivity (Wildman–Crippen MR) is 148 cm³/mol. The molecule has 0 spiro atoms. The minimum atomic E-state index is -0.880. The van der Waals surface area contributed by atoms with Gasteiger partial charge in [-0.25, -0.2) is 9.59 Å². The summed E-state index contributed by atoms with van der Waals surface area (Å²) in [7, 11) is 0. The average molecular weight is 544 g/mol. The quantitative estimate of drug-likeness (QED) is 0.220. The Hall–Kier alpha value is -3.72. The van der Waals surface area contributed by atoms with E-state index in [0.29, 0.717) is 34.6 Å². The maximum absolute atomic E-state index is 13.1. The number of fused-ring (bicyclic) bond motifs is 1. The van der Waals surface area contributed by atoms with Crippen LogP contribution in [0, 0.1) is 0 Å². The van der Waals surface area contributed by atoms with Crippen LogP contribution in [0.5, 0.6) is 5.75 Å². The largest absolute Gasteiger partial charge is 0.514 e. The number of hydrogen-bond acceptors (Lipinski definition) is 7. The number of ether oxygens (including phenoxy) is 3. The summed E-state index contributed by atoms with van der Waals surface area (Å²) in [6, 6.07) is 11.6. The van der Waals surface area contributed by atoms with E-state index >= 15 is 0 Å². The third-order valence-corrected chi connectivity index (χ3v) is 5.60. The van der Waals surface area contributed by atoms with Gasteiger partial charge in [0, 0.05) is 24.5 Å². The fourth-order valence-electron chi connectivity index (χ4n) is 3.66. The molecule has 1 aromatic heterocycles. The first-order valence-corrected chi connectivity index (χ1v) is 12.6. The van der Waals surface area contributed by atoms with Crippen LogP contribution in [0.2, 0.25) is 5.02 Å². The van der Waals surface area contributed by atoms with Crippen LogP contribution in [0.1, 0.15) is 52.7 Å². The van der Waals surface area contributed by atoms with Crippen molar-refractivity contribution in [2.45, 2.75) is 65.7 Å². The molecule has 0 saturated heterocycles. The number of H-pyrrole nitrogens is 1. The van der Waals surface area contributed by atoms with E-state index in [9.17, 15) is 14.4 Å². The molecule has 3 rings (SSSR count). The lowest BCUT2D eigenvalue weighted by Crippen LogP contribution is -2.37. The number of pyridine rings is 1. The van der Waals surface area contributed by atoms with Gasteiger partial charge < -0.3 is 29.8 Å². The van der Waals surface area contributed by atoms with Crippen LogP contribution >= 0.6 is 11.6 Å². The number of amides is 1. The Morgan fingerprint density at radius 1 is 0.974 bits per heavy atom. The lowest BCUT2D eigenvalue weighted by atomic mass is 10.0. The fourth-order valence-corrected chi connectivity index (χ4v) is 3.86. The number of anilines is 1. The van der Waals surface area contributed by atoms with Gasteiger partial charge in [-0.05, 0) is 83.4 Å².